The lowest BCUT2D eigenvalue weighted by Crippen LogP contribution is -2.22. The molecular weight excluding hydrogens is 294 g/mol. The maximum Gasteiger partial charge on any atom is 0.231 e. The van der Waals surface area contributed by atoms with Crippen molar-refractivity contribution in [2.75, 3.05) is 19.7 Å². The van der Waals surface area contributed by atoms with Gasteiger partial charge in [-0.15, -0.1) is 0 Å². The Kier molecular flexibility index (Phi) is 3.69. The van der Waals surface area contributed by atoms with Crippen molar-refractivity contribution in [1.29, 1.82) is 0 Å². The van der Waals surface area contributed by atoms with E-state index in [0.29, 0.717) is 11.8 Å². The lowest BCUT2D eigenvalue weighted by molar-refractivity contribution is 0.204. The molecule has 0 unspecified atom stereocenters. The van der Waals surface area contributed by atoms with E-state index in [-0.39, 0.29) is 18.4 Å². The second-order valence-corrected chi connectivity index (χ2v) is 6.91. The molecule has 3 heterocycles. The summed E-state index contributed by atoms with van der Waals surface area (Å²) in [6.45, 7) is 4.65. The van der Waals surface area contributed by atoms with Gasteiger partial charge in [0, 0.05) is 45.1 Å². The number of rotatable bonds is 5. The Morgan fingerprint density at radius 3 is 2.83 bits per heavy atom. The molecule has 0 radical (unpaired) electrons. The van der Waals surface area contributed by atoms with Crippen molar-refractivity contribution in [3.63, 3.8) is 0 Å². The van der Waals surface area contributed by atoms with E-state index in [1.807, 2.05) is 18.7 Å². The minimum absolute atomic E-state index is 0.120. The van der Waals surface area contributed by atoms with E-state index in [1.54, 1.807) is 0 Å². The fraction of sp³-hybridized carbons (Fsp3) is 0.688. The molecule has 2 fully saturated rings. The molecule has 7 nitrogen and oxygen atoms in total. The fourth-order valence-electron chi connectivity index (χ4n) is 3.50. The fourth-order valence-corrected chi connectivity index (χ4v) is 3.50. The van der Waals surface area contributed by atoms with Gasteiger partial charge in [0.1, 0.15) is 0 Å². The van der Waals surface area contributed by atoms with Gasteiger partial charge in [-0.05, 0) is 25.8 Å². The summed E-state index contributed by atoms with van der Waals surface area (Å²) >= 11 is 0. The van der Waals surface area contributed by atoms with Crippen LogP contribution in [0.4, 0.5) is 0 Å². The summed E-state index contributed by atoms with van der Waals surface area (Å²) in [5.41, 5.74) is 2.21. The molecule has 0 aromatic carbocycles. The highest BCUT2D eigenvalue weighted by Gasteiger charge is 2.38. The third-order valence-electron chi connectivity index (χ3n) is 4.95. The standard InChI is InChI=1S/C16H23N5O2/c1-10-5-13(20(2)18-10)7-21-6-12(9-22)14(8-21)16-17-15(19-23-16)11-3-4-11/h5,11-12,14,22H,3-4,6-9H2,1-2H3/t12-,14+/m0/s1. The third-order valence-corrected chi connectivity index (χ3v) is 4.95. The van der Waals surface area contributed by atoms with Crippen molar-refractivity contribution >= 4 is 0 Å². The first kappa shape index (κ1) is 14.8. The molecule has 1 aliphatic carbocycles. The molecule has 1 saturated carbocycles. The minimum Gasteiger partial charge on any atom is -0.396 e. The number of aliphatic hydroxyl groups excluding tert-OH is 1. The van der Waals surface area contributed by atoms with Crippen molar-refractivity contribution in [3.05, 3.63) is 29.2 Å². The Morgan fingerprint density at radius 1 is 1.35 bits per heavy atom. The molecule has 0 bridgehead atoms. The molecule has 1 aliphatic heterocycles. The minimum atomic E-state index is 0.120. The van der Waals surface area contributed by atoms with Gasteiger partial charge in [-0.1, -0.05) is 5.16 Å². The zero-order valence-electron chi connectivity index (χ0n) is 13.6. The van der Waals surface area contributed by atoms with Crippen LogP contribution in [-0.2, 0) is 13.6 Å². The van der Waals surface area contributed by atoms with E-state index in [1.165, 1.54) is 18.5 Å². The molecular formula is C16H23N5O2. The van der Waals surface area contributed by atoms with Crippen molar-refractivity contribution < 1.29 is 9.63 Å². The van der Waals surface area contributed by atoms with Gasteiger partial charge >= 0.3 is 0 Å². The molecule has 0 spiro atoms. The van der Waals surface area contributed by atoms with Crippen LogP contribution < -0.4 is 0 Å². The quantitative estimate of drug-likeness (QED) is 0.892. The maximum absolute atomic E-state index is 9.73. The normalized spacial score (nSPS) is 25.3. The monoisotopic (exact) mass is 317 g/mol. The second kappa shape index (κ2) is 5.72. The second-order valence-electron chi connectivity index (χ2n) is 6.91. The molecule has 7 heteroatoms. The molecule has 2 aromatic heterocycles. The Morgan fingerprint density at radius 2 is 2.17 bits per heavy atom. The van der Waals surface area contributed by atoms with E-state index >= 15 is 0 Å². The zero-order chi connectivity index (χ0) is 16.0. The van der Waals surface area contributed by atoms with E-state index < -0.39 is 0 Å². The number of aliphatic hydroxyl groups is 1. The number of aromatic nitrogens is 4. The summed E-state index contributed by atoms with van der Waals surface area (Å²) in [4.78, 5) is 6.92. The first-order chi connectivity index (χ1) is 11.1. The van der Waals surface area contributed by atoms with E-state index in [0.717, 1.165) is 31.2 Å². The van der Waals surface area contributed by atoms with Crippen molar-refractivity contribution in [1.82, 2.24) is 24.8 Å². The average molecular weight is 317 g/mol. The molecule has 2 atom stereocenters. The van der Waals surface area contributed by atoms with Crippen LogP contribution in [0.1, 0.15) is 47.8 Å². The Bertz CT molecular complexity index is 690. The van der Waals surface area contributed by atoms with Crippen LogP contribution in [0.25, 0.3) is 0 Å². The summed E-state index contributed by atoms with van der Waals surface area (Å²) in [5, 5.41) is 18.3. The Hall–Kier alpha value is -1.73. The number of likely N-dealkylation sites (tertiary alicyclic amines) is 1. The van der Waals surface area contributed by atoms with E-state index in [4.69, 9.17) is 4.52 Å². The van der Waals surface area contributed by atoms with Crippen LogP contribution in [0.15, 0.2) is 10.6 Å². The average Bonchev–Trinajstić information content (AvgIpc) is 2.99. The number of aryl methyl sites for hydroxylation is 2. The summed E-state index contributed by atoms with van der Waals surface area (Å²) in [6.07, 6.45) is 2.33. The SMILES string of the molecule is Cc1cc(CN2C[C@@H](CO)[C@H](c3nc(C4CC4)no3)C2)n(C)n1. The molecule has 124 valence electrons. The van der Waals surface area contributed by atoms with Gasteiger partial charge in [0.2, 0.25) is 5.89 Å². The van der Waals surface area contributed by atoms with Gasteiger partial charge in [0.25, 0.3) is 0 Å². The van der Waals surface area contributed by atoms with Crippen LogP contribution in [-0.4, -0.2) is 49.6 Å². The van der Waals surface area contributed by atoms with Gasteiger partial charge in [-0.2, -0.15) is 10.1 Å². The Labute approximate surface area is 135 Å². The van der Waals surface area contributed by atoms with Crippen LogP contribution in [0.3, 0.4) is 0 Å². The predicted octanol–water partition coefficient (Wildman–Crippen LogP) is 1.20. The first-order valence-corrected chi connectivity index (χ1v) is 8.30. The highest BCUT2D eigenvalue weighted by atomic mass is 16.5. The first-order valence-electron chi connectivity index (χ1n) is 8.30. The summed E-state index contributed by atoms with van der Waals surface area (Å²) in [7, 11) is 1.97. The summed E-state index contributed by atoms with van der Waals surface area (Å²) < 4.78 is 7.42. The smallest absolute Gasteiger partial charge is 0.231 e. The van der Waals surface area contributed by atoms with Crippen LogP contribution >= 0.6 is 0 Å². The number of hydrogen-bond donors (Lipinski definition) is 1. The molecule has 1 N–H and O–H groups in total. The zero-order valence-corrected chi connectivity index (χ0v) is 13.6. The summed E-state index contributed by atoms with van der Waals surface area (Å²) in [5.74, 6) is 2.30. The number of nitrogens with zero attached hydrogens (tertiary/aromatic N) is 5. The lowest BCUT2D eigenvalue weighted by Gasteiger charge is -2.15. The van der Waals surface area contributed by atoms with Gasteiger partial charge in [-0.3, -0.25) is 9.58 Å². The number of hydrogen-bond acceptors (Lipinski definition) is 6. The highest BCUT2D eigenvalue weighted by Crippen LogP contribution is 2.40. The summed E-state index contributed by atoms with van der Waals surface area (Å²) in [6, 6.07) is 2.11. The predicted molar refractivity (Wildman–Crippen MR) is 82.8 cm³/mol. The third kappa shape index (κ3) is 2.90. The molecule has 0 amide bonds. The molecule has 2 aliphatic rings. The van der Waals surface area contributed by atoms with E-state index in [9.17, 15) is 5.11 Å². The molecule has 1 saturated heterocycles. The van der Waals surface area contributed by atoms with Gasteiger partial charge in [0.15, 0.2) is 5.82 Å². The van der Waals surface area contributed by atoms with Crippen molar-refractivity contribution in [2.45, 2.75) is 38.1 Å². The van der Waals surface area contributed by atoms with Crippen molar-refractivity contribution in [2.24, 2.45) is 13.0 Å². The van der Waals surface area contributed by atoms with Crippen LogP contribution in [0.2, 0.25) is 0 Å². The van der Waals surface area contributed by atoms with E-state index in [2.05, 4.69) is 26.2 Å². The van der Waals surface area contributed by atoms with Gasteiger partial charge in [-0.25, -0.2) is 0 Å². The van der Waals surface area contributed by atoms with Crippen LogP contribution in [0, 0.1) is 12.8 Å². The van der Waals surface area contributed by atoms with Crippen LogP contribution in [0.5, 0.6) is 0 Å². The van der Waals surface area contributed by atoms with Gasteiger partial charge in [0.05, 0.1) is 17.3 Å². The van der Waals surface area contributed by atoms with Crippen molar-refractivity contribution in [3.8, 4) is 0 Å². The topological polar surface area (TPSA) is 80.2 Å². The largest absolute Gasteiger partial charge is 0.396 e. The molecule has 2 aromatic rings. The molecule has 23 heavy (non-hydrogen) atoms. The van der Waals surface area contributed by atoms with Gasteiger partial charge < -0.3 is 9.63 Å². The highest BCUT2D eigenvalue weighted by molar-refractivity contribution is 5.11. The maximum atomic E-state index is 9.73. The molecule has 4 rings (SSSR count). The Balaban J connectivity index is 1.48. The lowest BCUT2D eigenvalue weighted by atomic mass is 9.97.